The summed E-state index contributed by atoms with van der Waals surface area (Å²) < 4.78 is 2.32. The number of hydrogen-bond acceptors (Lipinski definition) is 3. The monoisotopic (exact) mass is 603 g/mol. The Balaban J connectivity index is 1.26. The maximum atomic E-state index is 5.51. The Morgan fingerprint density at radius 1 is 0.543 bits per heavy atom. The van der Waals surface area contributed by atoms with Crippen molar-refractivity contribution in [1.82, 2.24) is 4.57 Å². The molecule has 1 aromatic heterocycles. The number of hydrogen-bond donors (Lipinski definition) is 0. The summed E-state index contributed by atoms with van der Waals surface area (Å²) in [6.07, 6.45) is 2.13. The van der Waals surface area contributed by atoms with Crippen molar-refractivity contribution in [3.8, 4) is 33.4 Å². The molecule has 0 spiro atoms. The lowest BCUT2D eigenvalue weighted by Gasteiger charge is -2.20. The molecule has 2 unspecified atom stereocenters. The van der Waals surface area contributed by atoms with E-state index in [-0.39, 0.29) is 11.3 Å². The number of rotatable bonds is 1. The highest BCUT2D eigenvalue weighted by atomic mass is 32.2. The molecule has 3 aliphatic rings. The van der Waals surface area contributed by atoms with Gasteiger partial charge in [-0.05, 0) is 73.1 Å². The zero-order valence-electron chi connectivity index (χ0n) is 24.7. The minimum atomic E-state index is 0.0136. The smallest absolute Gasteiger partial charge is 0.230 e. The van der Waals surface area contributed by atoms with E-state index < -0.39 is 0 Å². The van der Waals surface area contributed by atoms with Crippen LogP contribution in [0.1, 0.15) is 11.6 Å². The van der Waals surface area contributed by atoms with E-state index in [1.807, 2.05) is 11.8 Å². The molecule has 3 heterocycles. The maximum absolute atomic E-state index is 5.51. The van der Waals surface area contributed by atoms with Crippen LogP contribution in [0.3, 0.4) is 0 Å². The van der Waals surface area contributed by atoms with Crippen LogP contribution in [0.4, 0.5) is 0 Å². The first kappa shape index (κ1) is 24.8. The average molecular weight is 604 g/mol. The van der Waals surface area contributed by atoms with Gasteiger partial charge in [-0.25, -0.2) is 9.98 Å². The topological polar surface area (TPSA) is 29.6 Å². The van der Waals surface area contributed by atoms with Crippen molar-refractivity contribution >= 4 is 67.3 Å². The molecule has 7 aromatic carbocycles. The minimum absolute atomic E-state index is 0.0136. The third kappa shape index (κ3) is 3.19. The van der Waals surface area contributed by atoms with Crippen molar-refractivity contribution in [2.24, 2.45) is 9.98 Å². The molecule has 8 aromatic rings. The van der Waals surface area contributed by atoms with Gasteiger partial charge in [0.1, 0.15) is 0 Å². The molecule has 0 amide bonds. The van der Waals surface area contributed by atoms with Crippen LogP contribution in [0.5, 0.6) is 0 Å². The van der Waals surface area contributed by atoms with Gasteiger partial charge >= 0.3 is 0 Å². The molecule has 0 fully saturated rings. The first-order valence-corrected chi connectivity index (χ1v) is 16.7. The van der Waals surface area contributed by atoms with Gasteiger partial charge in [0.15, 0.2) is 0 Å². The SMILES string of the molecule is C1=NC(n2c3cccc4c3c3c(c(-c5ccccc5)ccc32)-c2cccc3cccc-4c23)=NC2c3c(ccc4ccccc34)SC12. The second kappa shape index (κ2) is 9.06. The first-order valence-electron chi connectivity index (χ1n) is 15.8. The van der Waals surface area contributed by atoms with E-state index in [9.17, 15) is 0 Å². The van der Waals surface area contributed by atoms with Crippen LogP contribution in [-0.4, -0.2) is 22.0 Å². The fourth-order valence-corrected chi connectivity index (χ4v) is 9.47. The molecule has 0 bridgehead atoms. The summed E-state index contributed by atoms with van der Waals surface area (Å²) in [5, 5.41) is 7.85. The van der Waals surface area contributed by atoms with E-state index >= 15 is 0 Å². The molecule has 0 N–H and O–H groups in total. The van der Waals surface area contributed by atoms with Gasteiger partial charge in [-0.2, -0.15) is 0 Å². The lowest BCUT2D eigenvalue weighted by molar-refractivity contribution is 0.779. The van der Waals surface area contributed by atoms with Crippen LogP contribution >= 0.6 is 11.8 Å². The highest BCUT2D eigenvalue weighted by Crippen LogP contribution is 2.53. The zero-order valence-corrected chi connectivity index (χ0v) is 25.5. The van der Waals surface area contributed by atoms with Gasteiger partial charge in [-0.15, -0.1) is 11.8 Å². The molecule has 4 heteroatoms. The lowest BCUT2D eigenvalue weighted by atomic mass is 9.89. The summed E-state index contributed by atoms with van der Waals surface area (Å²) in [5.74, 6) is 0.755. The Kier molecular flexibility index (Phi) is 4.89. The van der Waals surface area contributed by atoms with Crippen LogP contribution in [0.15, 0.2) is 148 Å². The summed E-state index contributed by atoms with van der Waals surface area (Å²) in [5.41, 5.74) is 11.2. The number of fused-ring (bicyclic) bond motifs is 7. The molecular weight excluding hydrogens is 579 g/mol. The van der Waals surface area contributed by atoms with Crippen molar-refractivity contribution in [3.63, 3.8) is 0 Å². The van der Waals surface area contributed by atoms with Gasteiger partial charge in [-0.3, -0.25) is 4.57 Å². The van der Waals surface area contributed by atoms with Crippen molar-refractivity contribution in [1.29, 1.82) is 0 Å². The predicted molar refractivity (Wildman–Crippen MR) is 194 cm³/mol. The zero-order chi connectivity index (χ0) is 29.9. The molecule has 0 saturated carbocycles. The van der Waals surface area contributed by atoms with Gasteiger partial charge in [0.2, 0.25) is 5.96 Å². The second-order valence-electron chi connectivity index (χ2n) is 12.4. The maximum Gasteiger partial charge on any atom is 0.230 e. The van der Waals surface area contributed by atoms with E-state index in [2.05, 4.69) is 144 Å². The number of nitrogens with zero attached hydrogens (tertiary/aromatic N) is 3. The van der Waals surface area contributed by atoms with E-state index in [0.717, 1.165) is 17.0 Å². The Bertz CT molecular complexity index is 2680. The summed E-state index contributed by atoms with van der Waals surface area (Å²) in [4.78, 5) is 11.9. The van der Waals surface area contributed by atoms with E-state index in [4.69, 9.17) is 9.98 Å². The van der Waals surface area contributed by atoms with Crippen molar-refractivity contribution in [2.75, 3.05) is 0 Å². The lowest BCUT2D eigenvalue weighted by Crippen LogP contribution is -2.22. The van der Waals surface area contributed by atoms with Gasteiger partial charge in [0.05, 0.1) is 22.3 Å². The number of thioether (sulfide) groups is 1. The molecular formula is C42H25N3S. The third-order valence-electron chi connectivity index (χ3n) is 10.1. The van der Waals surface area contributed by atoms with Gasteiger partial charge in [0.25, 0.3) is 0 Å². The third-order valence-corrected chi connectivity index (χ3v) is 11.4. The number of benzene rings is 7. The quantitative estimate of drug-likeness (QED) is 0.184. The largest absolute Gasteiger partial charge is 0.278 e. The standard InChI is InChI=1S/C42H25N3S/c1-2-9-24(10-3-1)28-20-21-33-40-37(28)31-17-7-13-26-12-6-15-29(36(26)31)30-16-8-18-32(38(30)40)45(33)42-43-23-35-41(44-42)39-27-14-5-4-11-25(27)19-22-34(39)46-35/h1-23,35,41H. The van der Waals surface area contributed by atoms with E-state index in [1.165, 1.54) is 76.2 Å². The normalized spacial score (nSPS) is 17.5. The van der Waals surface area contributed by atoms with E-state index in [1.54, 1.807) is 0 Å². The Morgan fingerprint density at radius 2 is 1.28 bits per heavy atom. The van der Waals surface area contributed by atoms with Crippen molar-refractivity contribution in [3.05, 3.63) is 139 Å². The molecule has 46 heavy (non-hydrogen) atoms. The Hall–Kier alpha value is -5.45. The van der Waals surface area contributed by atoms with Crippen LogP contribution in [0.2, 0.25) is 0 Å². The molecule has 1 aliphatic carbocycles. The van der Waals surface area contributed by atoms with Gasteiger partial charge in [0, 0.05) is 27.4 Å². The number of aliphatic imine (C=N–C) groups is 2. The van der Waals surface area contributed by atoms with Crippen LogP contribution in [-0.2, 0) is 0 Å². The molecule has 214 valence electrons. The van der Waals surface area contributed by atoms with Gasteiger partial charge in [-0.1, -0.05) is 115 Å². The van der Waals surface area contributed by atoms with Crippen molar-refractivity contribution < 1.29 is 0 Å². The first-order chi connectivity index (χ1) is 22.8. The van der Waals surface area contributed by atoms with Gasteiger partial charge < -0.3 is 0 Å². The highest BCUT2D eigenvalue weighted by Gasteiger charge is 2.37. The molecule has 2 aliphatic heterocycles. The second-order valence-corrected chi connectivity index (χ2v) is 13.6. The van der Waals surface area contributed by atoms with Crippen LogP contribution < -0.4 is 0 Å². The minimum Gasteiger partial charge on any atom is -0.278 e. The van der Waals surface area contributed by atoms with E-state index in [0.29, 0.717) is 0 Å². The van der Waals surface area contributed by atoms with Crippen LogP contribution in [0, 0.1) is 0 Å². The summed E-state index contributed by atoms with van der Waals surface area (Å²) >= 11 is 1.88. The Labute approximate surface area is 269 Å². The fourth-order valence-electron chi connectivity index (χ4n) is 8.22. The molecule has 2 atom stereocenters. The molecule has 3 nitrogen and oxygen atoms in total. The number of aromatic nitrogens is 1. The summed E-state index contributed by atoms with van der Waals surface area (Å²) in [6, 6.07) is 48.8. The van der Waals surface area contributed by atoms with Crippen LogP contribution in [0.25, 0.3) is 76.7 Å². The average Bonchev–Trinajstić information content (AvgIpc) is 3.63. The summed E-state index contributed by atoms with van der Waals surface area (Å²) in [6.45, 7) is 0. The molecule has 0 radical (unpaired) electrons. The van der Waals surface area contributed by atoms with Crippen molar-refractivity contribution in [2.45, 2.75) is 16.2 Å². The Morgan fingerprint density at radius 3 is 2.17 bits per heavy atom. The fraction of sp³-hybridized carbons (Fsp3) is 0.0476. The predicted octanol–water partition coefficient (Wildman–Crippen LogP) is 10.9. The molecule has 0 saturated heterocycles. The summed E-state index contributed by atoms with van der Waals surface area (Å²) in [7, 11) is 0. The molecule has 11 rings (SSSR count). The highest BCUT2D eigenvalue weighted by molar-refractivity contribution is 8.01.